The Balaban J connectivity index is 2.09. The standard InChI is InChI=1S/C21H21BrF3NO4/c1-3-30-20(28)17(22)11-14-6-9-18(29-2)16(10-14)19(27)26-12-13-4-7-15(8-5-13)21(23,24)25/h4-10,17H,3,11-12H2,1-2H3,(H,26,27). The molecule has 0 saturated carbocycles. The number of rotatable bonds is 8. The highest BCUT2D eigenvalue weighted by atomic mass is 79.9. The van der Waals surface area contributed by atoms with Crippen molar-refractivity contribution in [3.63, 3.8) is 0 Å². The van der Waals surface area contributed by atoms with Crippen molar-refractivity contribution in [2.75, 3.05) is 13.7 Å². The van der Waals surface area contributed by atoms with Gasteiger partial charge in [0.2, 0.25) is 0 Å². The van der Waals surface area contributed by atoms with Crippen molar-refractivity contribution >= 4 is 27.8 Å². The minimum atomic E-state index is -4.41. The summed E-state index contributed by atoms with van der Waals surface area (Å²) >= 11 is 3.27. The molecule has 30 heavy (non-hydrogen) atoms. The molecule has 9 heteroatoms. The van der Waals surface area contributed by atoms with E-state index in [1.807, 2.05) is 0 Å². The zero-order valence-electron chi connectivity index (χ0n) is 16.4. The summed E-state index contributed by atoms with van der Waals surface area (Å²) in [5.74, 6) is -0.511. The number of carbonyl (C=O) groups is 2. The second kappa shape index (κ2) is 10.5. The highest BCUT2D eigenvalue weighted by Crippen LogP contribution is 2.29. The fourth-order valence-corrected chi connectivity index (χ4v) is 3.18. The molecule has 0 aliphatic carbocycles. The molecule has 1 atom stereocenters. The van der Waals surface area contributed by atoms with Crippen LogP contribution in [0.15, 0.2) is 42.5 Å². The number of amides is 1. The fraction of sp³-hybridized carbons (Fsp3) is 0.333. The summed E-state index contributed by atoms with van der Waals surface area (Å²) in [6.45, 7) is 2.03. The van der Waals surface area contributed by atoms with Gasteiger partial charge in [-0.25, -0.2) is 0 Å². The van der Waals surface area contributed by atoms with Crippen molar-refractivity contribution in [2.24, 2.45) is 0 Å². The first kappa shape index (κ1) is 23.7. The van der Waals surface area contributed by atoms with Crippen molar-refractivity contribution in [3.05, 3.63) is 64.7 Å². The van der Waals surface area contributed by atoms with E-state index in [1.54, 1.807) is 25.1 Å². The van der Waals surface area contributed by atoms with Crippen LogP contribution < -0.4 is 10.1 Å². The van der Waals surface area contributed by atoms with Crippen LogP contribution in [0.1, 0.15) is 34.0 Å². The lowest BCUT2D eigenvalue weighted by Crippen LogP contribution is -2.24. The first-order valence-electron chi connectivity index (χ1n) is 9.07. The number of hydrogen-bond acceptors (Lipinski definition) is 4. The van der Waals surface area contributed by atoms with E-state index in [4.69, 9.17) is 9.47 Å². The van der Waals surface area contributed by atoms with E-state index < -0.39 is 28.4 Å². The van der Waals surface area contributed by atoms with Gasteiger partial charge in [-0.15, -0.1) is 0 Å². The topological polar surface area (TPSA) is 64.6 Å². The summed E-state index contributed by atoms with van der Waals surface area (Å²) < 4.78 is 48.1. The van der Waals surface area contributed by atoms with Crippen LogP contribution in [0.4, 0.5) is 13.2 Å². The third-order valence-corrected chi connectivity index (χ3v) is 4.90. The molecule has 0 spiro atoms. The maximum atomic E-state index is 12.6. The summed E-state index contributed by atoms with van der Waals surface area (Å²) in [7, 11) is 1.42. The predicted molar refractivity (Wildman–Crippen MR) is 109 cm³/mol. The van der Waals surface area contributed by atoms with Crippen LogP contribution in [-0.4, -0.2) is 30.4 Å². The van der Waals surface area contributed by atoms with Gasteiger partial charge in [0.1, 0.15) is 10.6 Å². The Morgan fingerprint density at radius 1 is 1.10 bits per heavy atom. The largest absolute Gasteiger partial charge is 0.496 e. The minimum Gasteiger partial charge on any atom is -0.496 e. The fourth-order valence-electron chi connectivity index (χ4n) is 2.67. The zero-order chi connectivity index (χ0) is 22.3. The molecule has 2 aromatic rings. The average Bonchev–Trinajstić information content (AvgIpc) is 2.71. The van der Waals surface area contributed by atoms with Gasteiger partial charge in [-0.05, 0) is 48.7 Å². The Kier molecular flexibility index (Phi) is 8.28. The third kappa shape index (κ3) is 6.48. The van der Waals surface area contributed by atoms with Crippen LogP contribution in [0.5, 0.6) is 5.75 Å². The normalized spacial score (nSPS) is 12.2. The Morgan fingerprint density at radius 2 is 1.73 bits per heavy atom. The summed E-state index contributed by atoms with van der Waals surface area (Å²) in [5.41, 5.74) is 0.739. The van der Waals surface area contributed by atoms with Gasteiger partial charge in [0.25, 0.3) is 5.91 Å². The predicted octanol–water partition coefficient (Wildman–Crippen LogP) is 4.51. The zero-order valence-corrected chi connectivity index (χ0v) is 18.0. The number of carbonyl (C=O) groups excluding carboxylic acids is 2. The van der Waals surface area contributed by atoms with Gasteiger partial charge in [-0.3, -0.25) is 9.59 Å². The maximum absolute atomic E-state index is 12.6. The number of methoxy groups -OCH3 is 1. The van der Waals surface area contributed by atoms with Gasteiger partial charge in [0.05, 0.1) is 24.8 Å². The molecular weight excluding hydrogens is 467 g/mol. The second-order valence-electron chi connectivity index (χ2n) is 6.34. The number of benzene rings is 2. The lowest BCUT2D eigenvalue weighted by atomic mass is 10.0. The number of nitrogens with one attached hydrogen (secondary N) is 1. The number of hydrogen-bond donors (Lipinski definition) is 1. The highest BCUT2D eigenvalue weighted by molar-refractivity contribution is 9.10. The average molecular weight is 488 g/mol. The van der Waals surface area contributed by atoms with E-state index in [0.29, 0.717) is 23.3 Å². The number of alkyl halides is 4. The molecular formula is C21H21BrF3NO4. The lowest BCUT2D eigenvalue weighted by Gasteiger charge is -2.13. The van der Waals surface area contributed by atoms with Crippen LogP contribution in [0.3, 0.4) is 0 Å². The molecule has 0 bridgehead atoms. The van der Waals surface area contributed by atoms with Crippen LogP contribution in [-0.2, 0) is 28.7 Å². The Morgan fingerprint density at radius 3 is 2.30 bits per heavy atom. The maximum Gasteiger partial charge on any atom is 0.416 e. The van der Waals surface area contributed by atoms with Crippen molar-refractivity contribution in [1.82, 2.24) is 5.32 Å². The van der Waals surface area contributed by atoms with Crippen LogP contribution in [0.2, 0.25) is 0 Å². The molecule has 5 nitrogen and oxygen atoms in total. The van der Waals surface area contributed by atoms with E-state index in [1.165, 1.54) is 19.2 Å². The summed E-state index contributed by atoms with van der Waals surface area (Å²) in [4.78, 5) is 23.9. The molecule has 1 N–H and O–H groups in total. The molecule has 0 aromatic heterocycles. The molecule has 0 aliphatic heterocycles. The van der Waals surface area contributed by atoms with Gasteiger partial charge in [-0.1, -0.05) is 34.1 Å². The van der Waals surface area contributed by atoms with Gasteiger partial charge in [0.15, 0.2) is 0 Å². The molecule has 162 valence electrons. The van der Waals surface area contributed by atoms with Crippen molar-refractivity contribution in [3.8, 4) is 5.75 Å². The van der Waals surface area contributed by atoms with Gasteiger partial charge in [-0.2, -0.15) is 13.2 Å². The van der Waals surface area contributed by atoms with Gasteiger partial charge < -0.3 is 14.8 Å². The Hall–Kier alpha value is -2.55. The highest BCUT2D eigenvalue weighted by Gasteiger charge is 2.29. The van der Waals surface area contributed by atoms with Crippen molar-refractivity contribution < 1.29 is 32.2 Å². The van der Waals surface area contributed by atoms with E-state index in [2.05, 4.69) is 21.2 Å². The number of halogens is 4. The smallest absolute Gasteiger partial charge is 0.416 e. The summed E-state index contributed by atoms with van der Waals surface area (Å²) in [6, 6.07) is 9.51. The van der Waals surface area contributed by atoms with Crippen LogP contribution >= 0.6 is 15.9 Å². The second-order valence-corrected chi connectivity index (χ2v) is 7.44. The van der Waals surface area contributed by atoms with E-state index in [9.17, 15) is 22.8 Å². The van der Waals surface area contributed by atoms with Gasteiger partial charge >= 0.3 is 12.1 Å². The molecule has 2 rings (SSSR count). The van der Waals surface area contributed by atoms with E-state index >= 15 is 0 Å². The molecule has 2 aromatic carbocycles. The van der Waals surface area contributed by atoms with Crippen molar-refractivity contribution in [2.45, 2.75) is 30.9 Å². The molecule has 0 aliphatic rings. The van der Waals surface area contributed by atoms with Crippen LogP contribution in [0.25, 0.3) is 0 Å². The first-order valence-corrected chi connectivity index (χ1v) is 9.99. The summed E-state index contributed by atoms with van der Waals surface area (Å²) in [5, 5.41) is 2.67. The Bertz CT molecular complexity index is 885. The number of ether oxygens (including phenoxy) is 2. The van der Waals surface area contributed by atoms with Crippen molar-refractivity contribution in [1.29, 1.82) is 0 Å². The molecule has 1 unspecified atom stereocenters. The first-order chi connectivity index (χ1) is 14.2. The Labute approximate surface area is 180 Å². The lowest BCUT2D eigenvalue weighted by molar-refractivity contribution is -0.142. The quantitative estimate of drug-likeness (QED) is 0.439. The van der Waals surface area contributed by atoms with Crippen LogP contribution in [0, 0.1) is 0 Å². The monoisotopic (exact) mass is 487 g/mol. The summed E-state index contributed by atoms with van der Waals surface area (Å²) in [6.07, 6.45) is -4.10. The SMILES string of the molecule is CCOC(=O)C(Br)Cc1ccc(OC)c(C(=O)NCc2ccc(C(F)(F)F)cc2)c1. The molecule has 0 heterocycles. The third-order valence-electron chi connectivity index (χ3n) is 4.20. The molecule has 0 radical (unpaired) electrons. The molecule has 0 fully saturated rings. The van der Waals surface area contributed by atoms with Gasteiger partial charge in [0, 0.05) is 6.54 Å². The number of esters is 1. The molecule has 1 amide bonds. The van der Waals surface area contributed by atoms with E-state index in [-0.39, 0.29) is 18.7 Å². The minimum absolute atomic E-state index is 0.0498. The van der Waals surface area contributed by atoms with E-state index in [0.717, 1.165) is 12.1 Å². The molecule has 0 saturated heterocycles.